The van der Waals surface area contributed by atoms with E-state index in [0.29, 0.717) is 11.4 Å². The molecule has 0 radical (unpaired) electrons. The molecule has 0 unspecified atom stereocenters. The van der Waals surface area contributed by atoms with Crippen LogP contribution in [0.1, 0.15) is 34.0 Å². The van der Waals surface area contributed by atoms with Crippen LogP contribution in [0, 0.1) is 13.8 Å². The highest BCUT2D eigenvalue weighted by Gasteiger charge is 2.17. The average molecular weight is 307 g/mol. The minimum atomic E-state index is -2.76. The lowest BCUT2D eigenvalue weighted by molar-refractivity contribution is 0.102. The van der Waals surface area contributed by atoms with Crippen molar-refractivity contribution in [3.8, 4) is 5.75 Å². The van der Waals surface area contributed by atoms with E-state index in [1.165, 1.54) is 14.0 Å². The number of carbonyl (C=O) groups is 1. The van der Waals surface area contributed by atoms with Gasteiger partial charge in [0.25, 0.3) is 12.3 Å². The number of amides is 1. The second-order valence-electron chi connectivity index (χ2n) is 4.68. The van der Waals surface area contributed by atoms with Gasteiger partial charge in [0.05, 0.1) is 12.8 Å². The average Bonchev–Trinajstić information content (AvgIpc) is 2.46. The third-order valence-electron chi connectivity index (χ3n) is 2.92. The molecule has 1 aromatic carbocycles. The van der Waals surface area contributed by atoms with E-state index < -0.39 is 18.0 Å². The fourth-order valence-corrected chi connectivity index (χ4v) is 1.92. The first-order chi connectivity index (χ1) is 10.4. The monoisotopic (exact) mass is 307 g/mol. The first-order valence-corrected chi connectivity index (χ1v) is 6.50. The number of nitrogens with one attached hydrogen (secondary N) is 1. The van der Waals surface area contributed by atoms with Crippen LogP contribution in [-0.2, 0) is 0 Å². The summed E-state index contributed by atoms with van der Waals surface area (Å²) in [6, 6.07) is 6.24. The van der Waals surface area contributed by atoms with Crippen LogP contribution in [0.25, 0.3) is 0 Å². The molecule has 0 saturated carbocycles. The van der Waals surface area contributed by atoms with Crippen LogP contribution < -0.4 is 10.1 Å². The molecule has 1 aromatic heterocycles. The molecule has 22 heavy (non-hydrogen) atoms. The van der Waals surface area contributed by atoms with Crippen molar-refractivity contribution in [1.29, 1.82) is 0 Å². The van der Waals surface area contributed by atoms with E-state index in [1.807, 2.05) is 13.0 Å². The van der Waals surface area contributed by atoms with Crippen LogP contribution in [0.4, 0.5) is 14.5 Å². The molecule has 0 aliphatic carbocycles. The molecular formula is C15H15F2N3O2. The summed E-state index contributed by atoms with van der Waals surface area (Å²) in [6.07, 6.45) is -2.76. The highest BCUT2D eigenvalue weighted by atomic mass is 19.3. The fourth-order valence-electron chi connectivity index (χ4n) is 1.92. The normalized spacial score (nSPS) is 10.6. The molecule has 1 heterocycles. The molecule has 0 bridgehead atoms. The predicted molar refractivity (Wildman–Crippen MR) is 77.4 cm³/mol. The fraction of sp³-hybridized carbons (Fsp3) is 0.267. The maximum atomic E-state index is 12.7. The Hall–Kier alpha value is -2.57. The molecule has 116 valence electrons. The van der Waals surface area contributed by atoms with E-state index >= 15 is 0 Å². The molecule has 0 atom stereocenters. The van der Waals surface area contributed by atoms with Gasteiger partial charge in [0.15, 0.2) is 0 Å². The Labute approximate surface area is 126 Å². The smallest absolute Gasteiger partial charge is 0.280 e. The van der Waals surface area contributed by atoms with Crippen LogP contribution in [0.5, 0.6) is 5.75 Å². The lowest BCUT2D eigenvalue weighted by atomic mass is 10.2. The Morgan fingerprint density at radius 3 is 2.59 bits per heavy atom. The summed E-state index contributed by atoms with van der Waals surface area (Å²) in [5.41, 5.74) is 0.769. The number of aromatic nitrogens is 2. The molecule has 0 spiro atoms. The number of carbonyl (C=O) groups excluding carboxylic acids is 1. The molecule has 0 aliphatic heterocycles. The summed E-state index contributed by atoms with van der Waals surface area (Å²) in [6.45, 7) is 3.31. The Bertz CT molecular complexity index is 705. The van der Waals surface area contributed by atoms with Crippen LogP contribution in [0.15, 0.2) is 24.3 Å². The van der Waals surface area contributed by atoms with Crippen LogP contribution in [0.2, 0.25) is 0 Å². The standard InChI is InChI=1S/C15H15F2N3O2/c1-8-4-5-13(22-3)10(6-8)20-15(21)12-7-11(14(16)17)18-9(2)19-12/h4-7,14H,1-3H3,(H,20,21). The quantitative estimate of drug-likeness (QED) is 0.941. The molecule has 0 saturated heterocycles. The Kier molecular flexibility index (Phi) is 4.65. The topological polar surface area (TPSA) is 64.1 Å². The highest BCUT2D eigenvalue weighted by molar-refractivity contribution is 6.03. The van der Waals surface area contributed by atoms with E-state index in [2.05, 4.69) is 15.3 Å². The SMILES string of the molecule is COc1ccc(C)cc1NC(=O)c1cc(C(F)F)nc(C)n1. The third kappa shape index (κ3) is 3.55. The summed E-state index contributed by atoms with van der Waals surface area (Å²) in [7, 11) is 1.48. The number of methoxy groups -OCH3 is 1. The first-order valence-electron chi connectivity index (χ1n) is 6.50. The van der Waals surface area contributed by atoms with Gasteiger partial charge < -0.3 is 10.1 Å². The summed E-state index contributed by atoms with van der Waals surface area (Å²) in [4.78, 5) is 19.7. The van der Waals surface area contributed by atoms with Gasteiger partial charge in [-0.05, 0) is 37.6 Å². The predicted octanol–water partition coefficient (Wildman–Crippen LogP) is 3.29. The first kappa shape index (κ1) is 15.8. The zero-order valence-electron chi connectivity index (χ0n) is 12.4. The molecule has 2 aromatic rings. The third-order valence-corrected chi connectivity index (χ3v) is 2.92. The van der Waals surface area contributed by atoms with Crippen LogP contribution in [-0.4, -0.2) is 23.0 Å². The summed E-state index contributed by atoms with van der Waals surface area (Å²) < 4.78 is 30.6. The maximum Gasteiger partial charge on any atom is 0.280 e. The number of ether oxygens (including phenoxy) is 1. The molecule has 2 rings (SSSR count). The van der Waals surface area contributed by atoms with Gasteiger partial charge in [0.1, 0.15) is 23.0 Å². The number of rotatable bonds is 4. The van der Waals surface area contributed by atoms with Crippen molar-refractivity contribution in [2.75, 3.05) is 12.4 Å². The lowest BCUT2D eigenvalue weighted by Crippen LogP contribution is -2.16. The number of alkyl halides is 2. The summed E-state index contributed by atoms with van der Waals surface area (Å²) in [5.74, 6) is -0.0192. The number of aryl methyl sites for hydroxylation is 2. The maximum absolute atomic E-state index is 12.7. The van der Waals surface area contributed by atoms with Crippen molar-refractivity contribution in [2.45, 2.75) is 20.3 Å². The van der Waals surface area contributed by atoms with Crippen LogP contribution >= 0.6 is 0 Å². The Morgan fingerprint density at radius 1 is 1.23 bits per heavy atom. The van der Waals surface area contributed by atoms with Gasteiger partial charge in [0.2, 0.25) is 0 Å². The summed E-state index contributed by atoms with van der Waals surface area (Å²) >= 11 is 0. The van der Waals surface area contributed by atoms with E-state index in [0.717, 1.165) is 11.6 Å². The largest absolute Gasteiger partial charge is 0.495 e. The summed E-state index contributed by atoms with van der Waals surface area (Å²) in [5, 5.41) is 2.61. The van der Waals surface area contributed by atoms with Gasteiger partial charge in [-0.2, -0.15) is 0 Å². The molecule has 1 N–H and O–H groups in total. The minimum Gasteiger partial charge on any atom is -0.495 e. The van der Waals surface area contributed by atoms with E-state index in [9.17, 15) is 13.6 Å². The van der Waals surface area contributed by atoms with Gasteiger partial charge in [-0.25, -0.2) is 18.7 Å². The van der Waals surface area contributed by atoms with Crippen molar-refractivity contribution in [2.24, 2.45) is 0 Å². The Morgan fingerprint density at radius 2 is 1.95 bits per heavy atom. The van der Waals surface area contributed by atoms with Gasteiger partial charge in [-0.15, -0.1) is 0 Å². The zero-order chi connectivity index (χ0) is 16.3. The lowest BCUT2D eigenvalue weighted by Gasteiger charge is -2.11. The number of halogens is 2. The van der Waals surface area contributed by atoms with Gasteiger partial charge in [-0.3, -0.25) is 4.79 Å². The van der Waals surface area contributed by atoms with Crippen molar-refractivity contribution < 1.29 is 18.3 Å². The second-order valence-corrected chi connectivity index (χ2v) is 4.68. The highest BCUT2D eigenvalue weighted by Crippen LogP contribution is 2.26. The van der Waals surface area contributed by atoms with E-state index in [1.54, 1.807) is 12.1 Å². The second kappa shape index (κ2) is 6.46. The molecule has 5 nitrogen and oxygen atoms in total. The van der Waals surface area contributed by atoms with E-state index in [-0.39, 0.29) is 11.5 Å². The van der Waals surface area contributed by atoms with Gasteiger partial charge in [0, 0.05) is 0 Å². The van der Waals surface area contributed by atoms with Crippen molar-refractivity contribution in [1.82, 2.24) is 9.97 Å². The molecular weight excluding hydrogens is 292 g/mol. The number of benzene rings is 1. The van der Waals surface area contributed by atoms with E-state index in [4.69, 9.17) is 4.74 Å². The molecule has 1 amide bonds. The minimum absolute atomic E-state index is 0.110. The molecule has 7 heteroatoms. The van der Waals surface area contributed by atoms with Crippen molar-refractivity contribution >= 4 is 11.6 Å². The number of hydrogen-bond acceptors (Lipinski definition) is 4. The number of anilines is 1. The van der Waals surface area contributed by atoms with Gasteiger partial charge in [-0.1, -0.05) is 6.07 Å². The Balaban J connectivity index is 2.32. The van der Waals surface area contributed by atoms with Crippen molar-refractivity contribution in [3.63, 3.8) is 0 Å². The van der Waals surface area contributed by atoms with Gasteiger partial charge >= 0.3 is 0 Å². The molecule has 0 fully saturated rings. The number of nitrogens with zero attached hydrogens (tertiary/aromatic N) is 2. The zero-order valence-corrected chi connectivity index (χ0v) is 12.4. The van der Waals surface area contributed by atoms with Crippen LogP contribution in [0.3, 0.4) is 0 Å². The van der Waals surface area contributed by atoms with Crippen molar-refractivity contribution in [3.05, 3.63) is 47.0 Å². The number of hydrogen-bond donors (Lipinski definition) is 1. The molecule has 0 aliphatic rings.